The van der Waals surface area contributed by atoms with E-state index in [2.05, 4.69) is 49.2 Å². The lowest BCUT2D eigenvalue weighted by Gasteiger charge is -2.08. The van der Waals surface area contributed by atoms with Gasteiger partial charge in [-0.15, -0.1) is 0 Å². The smallest absolute Gasteiger partial charge is 0.119 e. The Bertz CT molecular complexity index is 664. The highest BCUT2D eigenvalue weighted by Gasteiger charge is 2.02. The first-order valence-corrected chi connectivity index (χ1v) is 9.94. The van der Waals surface area contributed by atoms with Crippen LogP contribution in [-0.4, -0.2) is 6.61 Å². The van der Waals surface area contributed by atoms with Crippen molar-refractivity contribution in [1.29, 1.82) is 0 Å². The molecule has 0 radical (unpaired) electrons. The van der Waals surface area contributed by atoms with Crippen LogP contribution < -0.4 is 4.74 Å². The van der Waals surface area contributed by atoms with Gasteiger partial charge in [0.05, 0.1) is 18.0 Å². The number of azo groups is 1. The van der Waals surface area contributed by atoms with Crippen LogP contribution in [0.2, 0.25) is 0 Å². The Labute approximate surface area is 158 Å². The van der Waals surface area contributed by atoms with Crippen LogP contribution >= 0.6 is 0 Å². The van der Waals surface area contributed by atoms with E-state index < -0.39 is 0 Å². The van der Waals surface area contributed by atoms with Gasteiger partial charge in [-0.2, -0.15) is 10.2 Å². The molecule has 0 aromatic heterocycles. The van der Waals surface area contributed by atoms with Gasteiger partial charge in [0, 0.05) is 0 Å². The van der Waals surface area contributed by atoms with Crippen LogP contribution in [0.3, 0.4) is 0 Å². The zero-order valence-corrected chi connectivity index (χ0v) is 16.4. The van der Waals surface area contributed by atoms with Crippen molar-refractivity contribution >= 4 is 11.4 Å². The lowest BCUT2D eigenvalue weighted by molar-refractivity contribution is 0.305. The maximum absolute atomic E-state index is 5.76. The molecule has 3 nitrogen and oxygen atoms in total. The summed E-state index contributed by atoms with van der Waals surface area (Å²) in [5.74, 6) is 1.59. The van der Waals surface area contributed by atoms with E-state index in [4.69, 9.17) is 4.74 Å². The third kappa shape index (κ3) is 7.38. The summed E-state index contributed by atoms with van der Waals surface area (Å²) >= 11 is 0. The first-order valence-electron chi connectivity index (χ1n) is 9.94. The number of ether oxygens (including phenoxy) is 1. The molecule has 0 N–H and O–H groups in total. The maximum atomic E-state index is 5.76. The lowest BCUT2D eigenvalue weighted by atomic mass is 9.99. The Hall–Kier alpha value is -2.16. The monoisotopic (exact) mass is 352 g/mol. The fourth-order valence-corrected chi connectivity index (χ4v) is 2.74. The third-order valence-corrected chi connectivity index (χ3v) is 4.58. The van der Waals surface area contributed by atoms with Crippen LogP contribution in [0, 0.1) is 5.92 Å². The largest absolute Gasteiger partial charge is 0.494 e. The second-order valence-electron chi connectivity index (χ2n) is 6.99. The maximum Gasteiger partial charge on any atom is 0.119 e. The van der Waals surface area contributed by atoms with Gasteiger partial charge in [0.25, 0.3) is 0 Å². The standard InChI is InChI=1S/C23H32N2O/c1-4-6-7-8-16-26-23-14-12-21(13-15-23)24-25-22-11-9-10-20(18-22)17-19(3)5-2/h9-15,18-19H,4-8,16-17H2,1-3H3/b25-24+. The van der Waals surface area contributed by atoms with E-state index in [1.165, 1.54) is 31.2 Å². The van der Waals surface area contributed by atoms with Gasteiger partial charge < -0.3 is 4.74 Å². The number of rotatable bonds is 11. The average molecular weight is 353 g/mol. The van der Waals surface area contributed by atoms with Gasteiger partial charge in [0.15, 0.2) is 0 Å². The van der Waals surface area contributed by atoms with Crippen molar-refractivity contribution in [2.24, 2.45) is 16.1 Å². The van der Waals surface area contributed by atoms with Gasteiger partial charge in [-0.3, -0.25) is 0 Å². The fraction of sp³-hybridized carbons (Fsp3) is 0.478. The summed E-state index contributed by atoms with van der Waals surface area (Å²) in [4.78, 5) is 0. The molecule has 2 rings (SSSR count). The predicted molar refractivity (Wildman–Crippen MR) is 110 cm³/mol. The molecule has 0 aliphatic rings. The zero-order valence-electron chi connectivity index (χ0n) is 16.4. The highest BCUT2D eigenvalue weighted by molar-refractivity contribution is 5.43. The second kappa shape index (κ2) is 11.5. The highest BCUT2D eigenvalue weighted by atomic mass is 16.5. The molecule has 0 spiro atoms. The molecule has 26 heavy (non-hydrogen) atoms. The molecule has 0 amide bonds. The summed E-state index contributed by atoms with van der Waals surface area (Å²) in [5, 5.41) is 8.73. The summed E-state index contributed by atoms with van der Waals surface area (Å²) in [6.45, 7) is 7.51. The summed E-state index contributed by atoms with van der Waals surface area (Å²) in [6.07, 6.45) is 7.16. The Morgan fingerprint density at radius 3 is 2.38 bits per heavy atom. The number of unbranched alkanes of at least 4 members (excludes halogenated alkanes) is 3. The van der Waals surface area contributed by atoms with Gasteiger partial charge in [-0.1, -0.05) is 58.6 Å². The fourth-order valence-electron chi connectivity index (χ4n) is 2.74. The van der Waals surface area contributed by atoms with Crippen molar-refractivity contribution in [3.05, 3.63) is 54.1 Å². The van der Waals surface area contributed by atoms with E-state index in [-0.39, 0.29) is 0 Å². The SMILES string of the molecule is CCCCCCOc1ccc(/N=N/c2cccc(CC(C)CC)c2)cc1. The molecule has 0 aliphatic heterocycles. The summed E-state index contributed by atoms with van der Waals surface area (Å²) in [7, 11) is 0. The minimum absolute atomic E-state index is 0.691. The summed E-state index contributed by atoms with van der Waals surface area (Å²) in [6, 6.07) is 16.2. The molecule has 140 valence electrons. The number of hydrogen-bond acceptors (Lipinski definition) is 3. The average Bonchev–Trinajstić information content (AvgIpc) is 2.67. The van der Waals surface area contributed by atoms with Gasteiger partial charge in [0.2, 0.25) is 0 Å². The normalized spacial score (nSPS) is 12.4. The molecular formula is C23H32N2O. The van der Waals surface area contributed by atoms with E-state index in [1.807, 2.05) is 30.3 Å². The first-order chi connectivity index (χ1) is 12.7. The van der Waals surface area contributed by atoms with Crippen LogP contribution in [0.1, 0.15) is 58.4 Å². The molecular weight excluding hydrogens is 320 g/mol. The predicted octanol–water partition coefficient (Wildman–Crippen LogP) is 7.65. The van der Waals surface area contributed by atoms with Crippen molar-refractivity contribution in [2.45, 2.75) is 59.3 Å². The van der Waals surface area contributed by atoms with Gasteiger partial charge in [-0.25, -0.2) is 0 Å². The summed E-state index contributed by atoms with van der Waals surface area (Å²) in [5.41, 5.74) is 3.07. The van der Waals surface area contributed by atoms with E-state index in [0.717, 1.165) is 36.6 Å². The molecule has 0 bridgehead atoms. The van der Waals surface area contributed by atoms with Crippen LogP contribution in [0.5, 0.6) is 5.75 Å². The minimum atomic E-state index is 0.691. The van der Waals surface area contributed by atoms with E-state index in [1.54, 1.807) is 0 Å². The van der Waals surface area contributed by atoms with Crippen molar-refractivity contribution < 1.29 is 4.74 Å². The third-order valence-electron chi connectivity index (χ3n) is 4.58. The Morgan fingerprint density at radius 1 is 0.885 bits per heavy atom. The van der Waals surface area contributed by atoms with Crippen LogP contribution in [0.4, 0.5) is 11.4 Å². The van der Waals surface area contributed by atoms with Crippen molar-refractivity contribution in [1.82, 2.24) is 0 Å². The lowest BCUT2D eigenvalue weighted by Crippen LogP contribution is -1.96. The molecule has 2 aromatic rings. The summed E-state index contributed by atoms with van der Waals surface area (Å²) < 4.78 is 5.76. The molecule has 0 aliphatic carbocycles. The van der Waals surface area contributed by atoms with E-state index in [0.29, 0.717) is 5.92 Å². The highest BCUT2D eigenvalue weighted by Crippen LogP contribution is 2.23. The van der Waals surface area contributed by atoms with Crippen molar-refractivity contribution in [3.63, 3.8) is 0 Å². The first kappa shape index (κ1) is 20.2. The van der Waals surface area contributed by atoms with Crippen molar-refractivity contribution in [3.8, 4) is 5.75 Å². The quantitative estimate of drug-likeness (QED) is 0.302. The van der Waals surface area contributed by atoms with E-state index >= 15 is 0 Å². The molecule has 0 saturated heterocycles. The molecule has 1 unspecified atom stereocenters. The van der Waals surface area contributed by atoms with Crippen LogP contribution in [0.15, 0.2) is 58.8 Å². The van der Waals surface area contributed by atoms with Gasteiger partial charge in [0.1, 0.15) is 5.75 Å². The van der Waals surface area contributed by atoms with E-state index in [9.17, 15) is 0 Å². The molecule has 1 atom stereocenters. The molecule has 0 heterocycles. The number of hydrogen-bond donors (Lipinski definition) is 0. The Kier molecular flexibility index (Phi) is 8.88. The number of benzene rings is 2. The molecule has 2 aromatic carbocycles. The van der Waals surface area contributed by atoms with Crippen LogP contribution in [-0.2, 0) is 6.42 Å². The van der Waals surface area contributed by atoms with Gasteiger partial charge in [-0.05, 0) is 60.7 Å². The number of nitrogens with zero attached hydrogens (tertiary/aromatic N) is 2. The van der Waals surface area contributed by atoms with Crippen molar-refractivity contribution in [2.75, 3.05) is 6.61 Å². The van der Waals surface area contributed by atoms with Crippen LogP contribution in [0.25, 0.3) is 0 Å². The zero-order chi connectivity index (χ0) is 18.6. The Balaban J connectivity index is 1.87. The molecule has 0 fully saturated rings. The molecule has 0 saturated carbocycles. The Morgan fingerprint density at radius 2 is 1.65 bits per heavy atom. The van der Waals surface area contributed by atoms with Gasteiger partial charge >= 0.3 is 0 Å². The second-order valence-corrected chi connectivity index (χ2v) is 6.99. The topological polar surface area (TPSA) is 34.0 Å². The minimum Gasteiger partial charge on any atom is -0.494 e. The molecule has 3 heteroatoms.